The normalized spacial score (nSPS) is 27.0. The number of aliphatic hydroxyl groups excluding tert-OH is 7. The van der Waals surface area contributed by atoms with Crippen molar-refractivity contribution >= 4 is 11.9 Å². The Balaban J connectivity index is 1.83. The molecule has 0 radical (unpaired) electrons. The van der Waals surface area contributed by atoms with Crippen LogP contribution in [0, 0.1) is 0 Å². The summed E-state index contributed by atoms with van der Waals surface area (Å²) in [5.41, 5.74) is 0. The summed E-state index contributed by atoms with van der Waals surface area (Å²) in [7, 11) is 0. The van der Waals surface area contributed by atoms with E-state index in [1.807, 2.05) is 0 Å². The summed E-state index contributed by atoms with van der Waals surface area (Å²) in [5.74, 6) is -0.913. The standard InChI is InChI=1S/C47H88O15/c1-3-5-7-9-11-13-15-17-19-21-23-25-27-29-38(49)57-32-35(60-39(50)30-28-26-24-22-20-18-16-14-12-10-8-6-4-2)33-58-46-45(56)43(54)41(52)37(62-46)34-59-47-44(55)42(53)40(51)36(31-48)61-47/h35-37,40-48,51-56H,3-34H2,1-2H3/t35-,36-,37-,40-,41-,42+,43+,44-,45-,46-,47-/m1/s1. The van der Waals surface area contributed by atoms with E-state index in [4.69, 9.17) is 28.4 Å². The summed E-state index contributed by atoms with van der Waals surface area (Å²) < 4.78 is 33.5. The van der Waals surface area contributed by atoms with Gasteiger partial charge in [-0.15, -0.1) is 0 Å². The van der Waals surface area contributed by atoms with E-state index in [0.717, 1.165) is 38.5 Å². The molecular formula is C47H88O15. The molecule has 0 unspecified atom stereocenters. The van der Waals surface area contributed by atoms with E-state index in [9.17, 15) is 45.3 Å². The first-order valence-electron chi connectivity index (χ1n) is 24.6. The Morgan fingerprint density at radius 3 is 1.26 bits per heavy atom. The van der Waals surface area contributed by atoms with Crippen LogP contribution in [0.2, 0.25) is 0 Å². The summed E-state index contributed by atoms with van der Waals surface area (Å²) in [6, 6.07) is 0. The molecule has 11 atom stereocenters. The van der Waals surface area contributed by atoms with E-state index in [1.54, 1.807) is 0 Å². The monoisotopic (exact) mass is 893 g/mol. The Hall–Kier alpha value is -1.50. The van der Waals surface area contributed by atoms with Crippen LogP contribution in [-0.2, 0) is 38.0 Å². The first kappa shape index (κ1) is 56.6. The molecule has 0 bridgehead atoms. The molecule has 15 nitrogen and oxygen atoms in total. The van der Waals surface area contributed by atoms with Crippen LogP contribution in [0.4, 0.5) is 0 Å². The third-order valence-electron chi connectivity index (χ3n) is 12.1. The Labute approximate surface area is 372 Å². The van der Waals surface area contributed by atoms with E-state index in [2.05, 4.69) is 13.8 Å². The second-order valence-corrected chi connectivity index (χ2v) is 17.7. The molecule has 62 heavy (non-hydrogen) atoms. The Morgan fingerprint density at radius 1 is 0.452 bits per heavy atom. The van der Waals surface area contributed by atoms with Gasteiger partial charge in [-0.1, -0.05) is 168 Å². The molecule has 7 N–H and O–H groups in total. The van der Waals surface area contributed by atoms with Crippen LogP contribution in [0.15, 0.2) is 0 Å². The van der Waals surface area contributed by atoms with Gasteiger partial charge in [-0.25, -0.2) is 0 Å². The van der Waals surface area contributed by atoms with Crippen molar-refractivity contribution in [1.29, 1.82) is 0 Å². The van der Waals surface area contributed by atoms with E-state index >= 15 is 0 Å². The first-order chi connectivity index (χ1) is 30.0. The lowest BCUT2D eigenvalue weighted by molar-refractivity contribution is -0.332. The lowest BCUT2D eigenvalue weighted by Gasteiger charge is -2.42. The molecular weight excluding hydrogens is 805 g/mol. The molecule has 2 aliphatic heterocycles. The van der Waals surface area contributed by atoms with Crippen LogP contribution in [-0.4, -0.2) is 142 Å². The minimum Gasteiger partial charge on any atom is -0.462 e. The molecule has 0 amide bonds. The van der Waals surface area contributed by atoms with Crippen LogP contribution in [0.3, 0.4) is 0 Å². The maximum Gasteiger partial charge on any atom is 0.306 e. The maximum atomic E-state index is 13.0. The molecule has 0 saturated carbocycles. The molecule has 2 heterocycles. The predicted molar refractivity (Wildman–Crippen MR) is 234 cm³/mol. The number of aliphatic hydroxyl groups is 7. The van der Waals surface area contributed by atoms with Crippen LogP contribution in [0.5, 0.6) is 0 Å². The van der Waals surface area contributed by atoms with Crippen molar-refractivity contribution < 1.29 is 73.8 Å². The molecule has 2 aliphatic rings. The number of hydrogen-bond acceptors (Lipinski definition) is 15. The number of ether oxygens (including phenoxy) is 6. The van der Waals surface area contributed by atoms with Gasteiger partial charge in [-0.05, 0) is 12.8 Å². The SMILES string of the molecule is CCCCCCCCCCCCCCCC(=O)OC[C@H](CO[C@@H]1O[C@H](CO[C@@H]2O[C@H](CO)[C@@H](O)[C@H](O)[C@H]2O)[C@@H](O)[C@H](O)[C@H]1O)OC(=O)CCCCCCCCCCCCCCC. The second-order valence-electron chi connectivity index (χ2n) is 17.7. The molecule has 0 spiro atoms. The lowest BCUT2D eigenvalue weighted by Crippen LogP contribution is -2.61. The fourth-order valence-corrected chi connectivity index (χ4v) is 7.98. The van der Waals surface area contributed by atoms with E-state index < -0.39 is 92.7 Å². The zero-order valence-electron chi connectivity index (χ0n) is 38.4. The van der Waals surface area contributed by atoms with Gasteiger partial charge in [0.05, 0.1) is 19.8 Å². The van der Waals surface area contributed by atoms with Gasteiger partial charge in [0.15, 0.2) is 18.7 Å². The quantitative estimate of drug-likeness (QED) is 0.0277. The van der Waals surface area contributed by atoms with Crippen LogP contribution in [0.1, 0.15) is 194 Å². The topological polar surface area (TPSA) is 231 Å². The summed E-state index contributed by atoms with van der Waals surface area (Å²) in [5, 5.41) is 71.9. The molecule has 2 saturated heterocycles. The van der Waals surface area contributed by atoms with Gasteiger partial charge in [0.25, 0.3) is 0 Å². The Kier molecular flexibility index (Phi) is 32.6. The van der Waals surface area contributed by atoms with E-state index in [-0.39, 0.29) is 26.1 Å². The first-order valence-corrected chi connectivity index (χ1v) is 24.6. The van der Waals surface area contributed by atoms with Crippen molar-refractivity contribution in [3.63, 3.8) is 0 Å². The molecule has 0 aromatic carbocycles. The third kappa shape index (κ3) is 24.1. The minimum atomic E-state index is -1.76. The average molecular weight is 893 g/mol. The molecule has 0 aromatic rings. The minimum absolute atomic E-state index is 0.173. The van der Waals surface area contributed by atoms with Crippen molar-refractivity contribution in [2.75, 3.05) is 26.4 Å². The number of unbranched alkanes of at least 4 members (excludes halogenated alkanes) is 24. The summed E-state index contributed by atoms with van der Waals surface area (Å²) in [6.45, 7) is 2.60. The molecule has 15 heteroatoms. The van der Waals surface area contributed by atoms with Crippen molar-refractivity contribution in [3.05, 3.63) is 0 Å². The van der Waals surface area contributed by atoms with E-state index in [0.29, 0.717) is 12.8 Å². The maximum absolute atomic E-state index is 13.0. The number of carbonyl (C=O) groups is 2. The molecule has 2 fully saturated rings. The number of esters is 2. The Bertz CT molecular complexity index is 1100. The van der Waals surface area contributed by atoms with Gasteiger partial charge >= 0.3 is 11.9 Å². The van der Waals surface area contributed by atoms with Crippen LogP contribution < -0.4 is 0 Å². The van der Waals surface area contributed by atoms with Crippen molar-refractivity contribution in [2.24, 2.45) is 0 Å². The molecule has 2 rings (SSSR count). The van der Waals surface area contributed by atoms with E-state index in [1.165, 1.54) is 116 Å². The fourth-order valence-electron chi connectivity index (χ4n) is 7.98. The number of carbonyl (C=O) groups excluding carboxylic acids is 2. The smallest absolute Gasteiger partial charge is 0.306 e. The van der Waals surface area contributed by atoms with Gasteiger partial charge < -0.3 is 64.2 Å². The fraction of sp³-hybridized carbons (Fsp3) is 0.957. The molecule has 0 aromatic heterocycles. The third-order valence-corrected chi connectivity index (χ3v) is 12.1. The highest BCUT2D eigenvalue weighted by Gasteiger charge is 2.47. The molecule has 366 valence electrons. The highest BCUT2D eigenvalue weighted by molar-refractivity contribution is 5.70. The largest absolute Gasteiger partial charge is 0.462 e. The zero-order chi connectivity index (χ0) is 45.4. The summed E-state index contributed by atoms with van der Waals surface area (Å²) >= 11 is 0. The van der Waals surface area contributed by atoms with Gasteiger partial charge in [0.1, 0.15) is 55.4 Å². The molecule has 0 aliphatic carbocycles. The predicted octanol–water partition coefficient (Wildman–Crippen LogP) is 6.04. The van der Waals surface area contributed by atoms with Crippen LogP contribution in [0.25, 0.3) is 0 Å². The number of hydrogen-bond donors (Lipinski definition) is 7. The summed E-state index contributed by atoms with van der Waals surface area (Å²) in [4.78, 5) is 25.7. The highest BCUT2D eigenvalue weighted by Crippen LogP contribution is 2.26. The van der Waals surface area contributed by atoms with Crippen LogP contribution >= 0.6 is 0 Å². The zero-order valence-corrected chi connectivity index (χ0v) is 38.4. The summed E-state index contributed by atoms with van der Waals surface area (Å²) in [6.07, 6.45) is 14.2. The van der Waals surface area contributed by atoms with Gasteiger partial charge in [0.2, 0.25) is 0 Å². The Morgan fingerprint density at radius 2 is 0.823 bits per heavy atom. The van der Waals surface area contributed by atoms with Gasteiger partial charge in [-0.3, -0.25) is 9.59 Å². The van der Waals surface area contributed by atoms with Crippen molar-refractivity contribution in [2.45, 2.75) is 261 Å². The highest BCUT2D eigenvalue weighted by atomic mass is 16.7. The lowest BCUT2D eigenvalue weighted by atomic mass is 9.98. The second kappa shape index (κ2) is 35.7. The van der Waals surface area contributed by atoms with Crippen molar-refractivity contribution in [1.82, 2.24) is 0 Å². The van der Waals surface area contributed by atoms with Crippen molar-refractivity contribution in [3.8, 4) is 0 Å². The van der Waals surface area contributed by atoms with Gasteiger partial charge in [-0.2, -0.15) is 0 Å². The number of rotatable bonds is 38. The van der Waals surface area contributed by atoms with Gasteiger partial charge in [0, 0.05) is 12.8 Å². The average Bonchev–Trinajstić information content (AvgIpc) is 3.26.